The largest absolute Gasteiger partial charge is 0.280 e. The minimum absolute atomic E-state index is 0.0781. The molecule has 0 aliphatic carbocycles. The van der Waals surface area contributed by atoms with Crippen molar-refractivity contribution in [1.29, 1.82) is 0 Å². The van der Waals surface area contributed by atoms with Crippen molar-refractivity contribution in [3.8, 4) is 5.69 Å². The highest BCUT2D eigenvalue weighted by molar-refractivity contribution is 5.59. The number of rotatable bonds is 1. The van der Waals surface area contributed by atoms with Gasteiger partial charge in [0.05, 0.1) is 23.3 Å². The minimum Gasteiger partial charge on any atom is -0.280 e. The van der Waals surface area contributed by atoms with Gasteiger partial charge in [0.25, 0.3) is 5.56 Å². The Morgan fingerprint density at radius 1 is 1.17 bits per heavy atom. The third-order valence-electron chi connectivity index (χ3n) is 2.73. The predicted molar refractivity (Wildman–Crippen MR) is 68.1 cm³/mol. The molecule has 0 saturated heterocycles. The van der Waals surface area contributed by atoms with Crippen molar-refractivity contribution in [1.82, 2.24) is 19.2 Å². The summed E-state index contributed by atoms with van der Waals surface area (Å²) in [6.45, 7) is 3.80. The first-order valence-electron chi connectivity index (χ1n) is 5.67. The third-order valence-corrected chi connectivity index (χ3v) is 2.73. The second-order valence-corrected chi connectivity index (χ2v) is 4.23. The smallest absolute Gasteiger partial charge is 0.255 e. The maximum atomic E-state index is 11.9. The molecule has 3 aromatic heterocycles. The molecule has 0 fully saturated rings. The highest BCUT2D eigenvalue weighted by Crippen LogP contribution is 2.14. The average molecular weight is 240 g/mol. The van der Waals surface area contributed by atoms with Crippen LogP contribution in [0.3, 0.4) is 0 Å². The first-order chi connectivity index (χ1) is 8.65. The number of aromatic nitrogens is 4. The molecule has 0 bridgehead atoms. The summed E-state index contributed by atoms with van der Waals surface area (Å²) < 4.78 is 3.29. The maximum Gasteiger partial charge on any atom is 0.255 e. The normalized spacial score (nSPS) is 11.0. The molecule has 3 aromatic rings. The van der Waals surface area contributed by atoms with Crippen molar-refractivity contribution in [3.63, 3.8) is 0 Å². The highest BCUT2D eigenvalue weighted by atomic mass is 16.1. The van der Waals surface area contributed by atoms with Crippen molar-refractivity contribution >= 4 is 5.65 Å². The van der Waals surface area contributed by atoms with Crippen molar-refractivity contribution in [2.24, 2.45) is 0 Å². The first kappa shape index (κ1) is 10.7. The standard InChI is InChI=1S/C13H12N4O/c1-9-7-11(16-6-4-3-5-12(16)18)13-14-10(2)8-17(13)15-9/h3-8H,1-2H3. The maximum absolute atomic E-state index is 11.9. The summed E-state index contributed by atoms with van der Waals surface area (Å²) in [5.41, 5.74) is 3.07. The van der Waals surface area contributed by atoms with E-state index < -0.39 is 0 Å². The van der Waals surface area contributed by atoms with E-state index in [0.29, 0.717) is 5.65 Å². The van der Waals surface area contributed by atoms with E-state index in [0.717, 1.165) is 17.1 Å². The second kappa shape index (κ2) is 3.80. The number of hydrogen-bond acceptors (Lipinski definition) is 3. The van der Waals surface area contributed by atoms with Crippen LogP contribution in [-0.2, 0) is 0 Å². The molecule has 0 saturated carbocycles. The molecular formula is C13H12N4O. The average Bonchev–Trinajstić information content (AvgIpc) is 2.69. The molecule has 0 atom stereocenters. The van der Waals surface area contributed by atoms with Crippen molar-refractivity contribution in [3.05, 3.63) is 58.4 Å². The number of hydrogen-bond donors (Lipinski definition) is 0. The zero-order valence-corrected chi connectivity index (χ0v) is 10.2. The molecule has 0 aliphatic rings. The monoisotopic (exact) mass is 240 g/mol. The van der Waals surface area contributed by atoms with Crippen LogP contribution in [0.15, 0.2) is 41.5 Å². The fourth-order valence-corrected chi connectivity index (χ4v) is 2.00. The molecule has 0 spiro atoms. The molecule has 0 amide bonds. The van der Waals surface area contributed by atoms with E-state index in [1.165, 1.54) is 6.07 Å². The molecule has 0 unspecified atom stereocenters. The summed E-state index contributed by atoms with van der Waals surface area (Å²) in [7, 11) is 0. The van der Waals surface area contributed by atoms with Crippen LogP contribution in [0.5, 0.6) is 0 Å². The Morgan fingerprint density at radius 2 is 2.00 bits per heavy atom. The zero-order chi connectivity index (χ0) is 12.7. The van der Waals surface area contributed by atoms with Crippen LogP contribution in [0.25, 0.3) is 11.3 Å². The summed E-state index contributed by atoms with van der Waals surface area (Å²) in [4.78, 5) is 16.3. The number of nitrogens with zero attached hydrogens (tertiary/aromatic N) is 4. The molecule has 90 valence electrons. The van der Waals surface area contributed by atoms with E-state index in [4.69, 9.17) is 0 Å². The molecule has 18 heavy (non-hydrogen) atoms. The predicted octanol–water partition coefficient (Wildman–Crippen LogP) is 1.50. The van der Waals surface area contributed by atoms with Gasteiger partial charge in [-0.15, -0.1) is 0 Å². The number of imidazole rings is 1. The molecular weight excluding hydrogens is 228 g/mol. The summed E-state index contributed by atoms with van der Waals surface area (Å²) in [5.74, 6) is 0. The first-order valence-corrected chi connectivity index (χ1v) is 5.67. The lowest BCUT2D eigenvalue weighted by atomic mass is 10.3. The Morgan fingerprint density at radius 3 is 2.78 bits per heavy atom. The third kappa shape index (κ3) is 1.60. The summed E-state index contributed by atoms with van der Waals surface area (Å²) in [6.07, 6.45) is 3.58. The topological polar surface area (TPSA) is 52.2 Å². The summed E-state index contributed by atoms with van der Waals surface area (Å²) >= 11 is 0. The molecule has 5 heteroatoms. The molecule has 0 aliphatic heterocycles. The Labute approximate surface area is 103 Å². The Kier molecular flexibility index (Phi) is 2.26. The summed E-state index contributed by atoms with van der Waals surface area (Å²) in [5, 5.41) is 4.35. The van der Waals surface area contributed by atoms with Gasteiger partial charge in [-0.05, 0) is 26.0 Å². The van der Waals surface area contributed by atoms with Gasteiger partial charge >= 0.3 is 0 Å². The SMILES string of the molecule is Cc1cn2nc(C)cc(-n3ccccc3=O)c2n1. The van der Waals surface area contributed by atoms with Gasteiger partial charge in [-0.1, -0.05) is 6.07 Å². The highest BCUT2D eigenvalue weighted by Gasteiger charge is 2.09. The van der Waals surface area contributed by atoms with Gasteiger partial charge in [0.15, 0.2) is 5.65 Å². The quantitative estimate of drug-likeness (QED) is 0.647. The van der Waals surface area contributed by atoms with E-state index >= 15 is 0 Å². The molecule has 5 nitrogen and oxygen atoms in total. The van der Waals surface area contributed by atoms with Crippen LogP contribution >= 0.6 is 0 Å². The van der Waals surface area contributed by atoms with Crippen molar-refractivity contribution in [2.75, 3.05) is 0 Å². The van der Waals surface area contributed by atoms with Crippen molar-refractivity contribution in [2.45, 2.75) is 13.8 Å². The number of aryl methyl sites for hydroxylation is 2. The molecule has 3 heterocycles. The van der Waals surface area contributed by atoms with E-state index in [2.05, 4.69) is 10.1 Å². The van der Waals surface area contributed by atoms with Gasteiger partial charge in [-0.25, -0.2) is 9.50 Å². The minimum atomic E-state index is -0.0781. The summed E-state index contributed by atoms with van der Waals surface area (Å²) in [6, 6.07) is 6.94. The van der Waals surface area contributed by atoms with Crippen LogP contribution in [-0.4, -0.2) is 19.2 Å². The van der Waals surface area contributed by atoms with E-state index in [1.54, 1.807) is 21.3 Å². The van der Waals surface area contributed by atoms with Gasteiger partial charge in [-0.3, -0.25) is 9.36 Å². The van der Waals surface area contributed by atoms with Gasteiger partial charge in [0, 0.05) is 12.3 Å². The lowest BCUT2D eigenvalue weighted by molar-refractivity contribution is 0.873. The Hall–Kier alpha value is -2.43. The van der Waals surface area contributed by atoms with E-state index in [9.17, 15) is 4.79 Å². The molecule has 0 radical (unpaired) electrons. The molecule has 0 aromatic carbocycles. The van der Waals surface area contributed by atoms with Gasteiger partial charge in [-0.2, -0.15) is 5.10 Å². The van der Waals surface area contributed by atoms with Crippen LogP contribution < -0.4 is 5.56 Å². The fourth-order valence-electron chi connectivity index (χ4n) is 2.00. The Bertz CT molecular complexity index is 785. The van der Waals surface area contributed by atoms with Gasteiger partial charge < -0.3 is 0 Å². The lowest BCUT2D eigenvalue weighted by Gasteiger charge is -2.07. The zero-order valence-electron chi connectivity index (χ0n) is 10.2. The Balaban J connectivity index is 2.42. The number of fused-ring (bicyclic) bond motifs is 1. The molecule has 3 rings (SSSR count). The second-order valence-electron chi connectivity index (χ2n) is 4.23. The molecule has 0 N–H and O–H groups in total. The van der Waals surface area contributed by atoms with Crippen LogP contribution in [0.4, 0.5) is 0 Å². The van der Waals surface area contributed by atoms with Gasteiger partial charge in [0.1, 0.15) is 0 Å². The van der Waals surface area contributed by atoms with Crippen LogP contribution in [0, 0.1) is 13.8 Å². The fraction of sp³-hybridized carbons (Fsp3) is 0.154. The van der Waals surface area contributed by atoms with Crippen LogP contribution in [0.2, 0.25) is 0 Å². The van der Waals surface area contributed by atoms with Gasteiger partial charge in [0.2, 0.25) is 0 Å². The van der Waals surface area contributed by atoms with Crippen LogP contribution in [0.1, 0.15) is 11.4 Å². The number of pyridine rings is 1. The lowest BCUT2D eigenvalue weighted by Crippen LogP contribution is -2.17. The van der Waals surface area contributed by atoms with E-state index in [-0.39, 0.29) is 5.56 Å². The van der Waals surface area contributed by atoms with Crippen molar-refractivity contribution < 1.29 is 0 Å². The van der Waals surface area contributed by atoms with E-state index in [1.807, 2.05) is 32.2 Å².